The van der Waals surface area contributed by atoms with E-state index in [4.69, 9.17) is 5.73 Å². The summed E-state index contributed by atoms with van der Waals surface area (Å²) in [5.74, 6) is 2.05. The van der Waals surface area contributed by atoms with Gasteiger partial charge in [0.05, 0.1) is 0 Å². The van der Waals surface area contributed by atoms with E-state index in [0.717, 1.165) is 12.8 Å². The van der Waals surface area contributed by atoms with Crippen LogP contribution in [0.25, 0.3) is 0 Å². The lowest BCUT2D eigenvalue weighted by Crippen LogP contribution is -2.52. The third kappa shape index (κ3) is 2.61. The predicted molar refractivity (Wildman–Crippen MR) is 86.3 cm³/mol. The van der Waals surface area contributed by atoms with E-state index in [1.807, 2.05) is 0 Å². The van der Waals surface area contributed by atoms with Crippen molar-refractivity contribution in [2.45, 2.75) is 82.3 Å². The first-order chi connectivity index (χ1) is 9.74. The summed E-state index contributed by atoms with van der Waals surface area (Å²) in [4.78, 5) is 15.4. The van der Waals surface area contributed by atoms with Crippen molar-refractivity contribution < 1.29 is 4.79 Å². The van der Waals surface area contributed by atoms with Crippen LogP contribution >= 0.6 is 12.4 Å². The molecule has 4 atom stereocenters. The van der Waals surface area contributed by atoms with Gasteiger partial charge < -0.3 is 10.6 Å². The predicted octanol–water partition coefficient (Wildman–Crippen LogP) is 3.11. The molecular formula is C17H29ClN2O. The van der Waals surface area contributed by atoms with Crippen LogP contribution in [0.5, 0.6) is 0 Å². The molecule has 2 aliphatic carbocycles. The summed E-state index contributed by atoms with van der Waals surface area (Å²) in [5, 5.41) is 0. The Hall–Kier alpha value is -0.280. The van der Waals surface area contributed by atoms with Gasteiger partial charge in [-0.05, 0) is 69.6 Å². The molecule has 2 saturated carbocycles. The number of carbonyl (C=O) groups excluding carboxylic acids is 1. The van der Waals surface area contributed by atoms with Crippen molar-refractivity contribution in [1.29, 1.82) is 0 Å². The monoisotopic (exact) mass is 312 g/mol. The van der Waals surface area contributed by atoms with Crippen LogP contribution in [-0.2, 0) is 4.79 Å². The lowest BCUT2D eigenvalue weighted by Gasteiger charge is -2.46. The molecule has 4 heteroatoms. The summed E-state index contributed by atoms with van der Waals surface area (Å²) in [5.41, 5.74) is 6.37. The van der Waals surface area contributed by atoms with Gasteiger partial charge in [-0.1, -0.05) is 6.42 Å². The molecule has 0 aromatic rings. The molecular weight excluding hydrogens is 284 g/mol. The molecule has 4 rings (SSSR count). The number of piperidine rings is 1. The zero-order chi connectivity index (χ0) is 13.7. The highest BCUT2D eigenvalue weighted by Crippen LogP contribution is 2.44. The van der Waals surface area contributed by atoms with Gasteiger partial charge in [0, 0.05) is 24.0 Å². The summed E-state index contributed by atoms with van der Waals surface area (Å²) < 4.78 is 0. The van der Waals surface area contributed by atoms with Crippen molar-refractivity contribution in [1.82, 2.24) is 4.90 Å². The van der Waals surface area contributed by atoms with E-state index in [1.54, 1.807) is 0 Å². The first-order valence-electron chi connectivity index (χ1n) is 8.82. The fraction of sp³-hybridized carbons (Fsp3) is 0.941. The second-order valence-corrected chi connectivity index (χ2v) is 7.76. The molecule has 4 fully saturated rings. The first-order valence-corrected chi connectivity index (χ1v) is 8.82. The molecule has 2 N–H and O–H groups in total. The Kier molecular flexibility index (Phi) is 4.52. The van der Waals surface area contributed by atoms with Gasteiger partial charge in [-0.3, -0.25) is 4.79 Å². The van der Waals surface area contributed by atoms with Gasteiger partial charge in [0.25, 0.3) is 0 Å². The molecule has 4 aliphatic rings. The Bertz CT molecular complexity index is 372. The Balaban J connectivity index is 0.00000132. The van der Waals surface area contributed by atoms with Crippen LogP contribution in [0.4, 0.5) is 0 Å². The summed E-state index contributed by atoms with van der Waals surface area (Å²) >= 11 is 0. The molecule has 4 bridgehead atoms. The summed E-state index contributed by atoms with van der Waals surface area (Å²) in [6, 6.07) is 1.54. The minimum atomic E-state index is 0. The Labute approximate surface area is 134 Å². The van der Waals surface area contributed by atoms with Crippen LogP contribution in [0.1, 0.15) is 64.2 Å². The number of fused-ring (bicyclic) bond motifs is 4. The molecule has 21 heavy (non-hydrogen) atoms. The normalized spacial score (nSPS) is 45.1. The van der Waals surface area contributed by atoms with Gasteiger partial charge in [0.2, 0.25) is 5.91 Å². The van der Waals surface area contributed by atoms with E-state index in [9.17, 15) is 4.79 Å². The molecule has 0 spiro atoms. The average Bonchev–Trinajstić information content (AvgIpc) is 2.67. The zero-order valence-electron chi connectivity index (χ0n) is 12.9. The molecule has 2 aliphatic heterocycles. The van der Waals surface area contributed by atoms with Crippen LogP contribution in [0.2, 0.25) is 0 Å². The summed E-state index contributed by atoms with van der Waals surface area (Å²) in [6.07, 6.45) is 12.4. The van der Waals surface area contributed by atoms with Gasteiger partial charge in [-0.25, -0.2) is 0 Å². The van der Waals surface area contributed by atoms with Crippen molar-refractivity contribution >= 4 is 18.3 Å². The fourth-order valence-corrected chi connectivity index (χ4v) is 5.68. The molecule has 1 amide bonds. The largest absolute Gasteiger partial charge is 0.336 e. The summed E-state index contributed by atoms with van der Waals surface area (Å²) in [7, 11) is 0. The van der Waals surface area contributed by atoms with Crippen molar-refractivity contribution in [3.05, 3.63) is 0 Å². The summed E-state index contributed by atoms with van der Waals surface area (Å²) in [6.45, 7) is 0. The topological polar surface area (TPSA) is 46.3 Å². The third-order valence-electron chi connectivity index (χ3n) is 6.71. The van der Waals surface area contributed by atoms with Gasteiger partial charge >= 0.3 is 0 Å². The van der Waals surface area contributed by atoms with Gasteiger partial charge in [-0.2, -0.15) is 0 Å². The SMILES string of the molecule is Cl.NC1C2CCCC1CC(C(=O)N1C3CCCC1CC3)C2. The Morgan fingerprint density at radius 1 is 0.857 bits per heavy atom. The number of hydrogen-bond donors (Lipinski definition) is 1. The third-order valence-corrected chi connectivity index (χ3v) is 6.71. The minimum Gasteiger partial charge on any atom is -0.336 e. The maximum Gasteiger partial charge on any atom is 0.226 e. The van der Waals surface area contributed by atoms with Gasteiger partial charge in [0.15, 0.2) is 0 Å². The van der Waals surface area contributed by atoms with Crippen molar-refractivity contribution in [2.75, 3.05) is 0 Å². The molecule has 2 saturated heterocycles. The van der Waals surface area contributed by atoms with Crippen LogP contribution in [-0.4, -0.2) is 28.9 Å². The number of halogens is 1. The quantitative estimate of drug-likeness (QED) is 0.808. The smallest absolute Gasteiger partial charge is 0.226 e. The number of nitrogens with zero attached hydrogens (tertiary/aromatic N) is 1. The molecule has 0 radical (unpaired) electrons. The minimum absolute atomic E-state index is 0. The Morgan fingerprint density at radius 2 is 1.38 bits per heavy atom. The van der Waals surface area contributed by atoms with Gasteiger partial charge in [0.1, 0.15) is 0 Å². The standard InChI is InChI=1S/C17H28N2O.ClH/c18-16-11-3-1-4-12(16)10-13(9-11)17(20)19-14-5-2-6-15(19)8-7-14;/h11-16H,1-10,18H2;1H. The van der Waals surface area contributed by atoms with Crippen molar-refractivity contribution in [3.8, 4) is 0 Å². The lowest BCUT2D eigenvalue weighted by atomic mass is 9.64. The van der Waals surface area contributed by atoms with Crippen LogP contribution in [0.15, 0.2) is 0 Å². The highest BCUT2D eigenvalue weighted by molar-refractivity contribution is 5.85. The Morgan fingerprint density at radius 3 is 1.95 bits per heavy atom. The van der Waals surface area contributed by atoms with Crippen LogP contribution < -0.4 is 5.73 Å². The highest BCUT2D eigenvalue weighted by atomic mass is 35.5. The molecule has 2 heterocycles. The molecule has 4 unspecified atom stereocenters. The number of amides is 1. The zero-order valence-corrected chi connectivity index (χ0v) is 13.7. The number of rotatable bonds is 1. The maximum absolute atomic E-state index is 13.0. The molecule has 0 aromatic heterocycles. The number of hydrogen-bond acceptors (Lipinski definition) is 2. The van der Waals surface area contributed by atoms with E-state index < -0.39 is 0 Å². The van der Waals surface area contributed by atoms with E-state index in [1.165, 1.54) is 51.4 Å². The van der Waals surface area contributed by atoms with Crippen molar-refractivity contribution in [2.24, 2.45) is 23.5 Å². The molecule has 120 valence electrons. The number of carbonyl (C=O) groups is 1. The van der Waals surface area contributed by atoms with Crippen LogP contribution in [0.3, 0.4) is 0 Å². The average molecular weight is 313 g/mol. The van der Waals surface area contributed by atoms with Gasteiger partial charge in [-0.15, -0.1) is 12.4 Å². The van der Waals surface area contributed by atoms with E-state index in [-0.39, 0.29) is 12.4 Å². The first kappa shape index (κ1) is 15.6. The van der Waals surface area contributed by atoms with E-state index >= 15 is 0 Å². The maximum atomic E-state index is 13.0. The number of nitrogens with two attached hydrogens (primary N) is 1. The fourth-order valence-electron chi connectivity index (χ4n) is 5.68. The highest BCUT2D eigenvalue weighted by Gasteiger charge is 2.46. The second-order valence-electron chi connectivity index (χ2n) is 7.76. The van der Waals surface area contributed by atoms with E-state index in [2.05, 4.69) is 4.90 Å². The second kappa shape index (κ2) is 6.08. The molecule has 0 aromatic carbocycles. The van der Waals surface area contributed by atoms with E-state index in [0.29, 0.717) is 41.8 Å². The lowest BCUT2D eigenvalue weighted by molar-refractivity contribution is -0.143. The van der Waals surface area contributed by atoms with Crippen LogP contribution in [0, 0.1) is 17.8 Å². The molecule has 3 nitrogen and oxygen atoms in total. The van der Waals surface area contributed by atoms with Crippen molar-refractivity contribution in [3.63, 3.8) is 0 Å².